The van der Waals surface area contributed by atoms with Gasteiger partial charge in [0.2, 0.25) is 0 Å². The number of nitrogens with zero attached hydrogens (tertiary/aromatic N) is 4. The molecular weight excluding hydrogens is 448 g/mol. The number of esters is 1. The Morgan fingerprint density at radius 2 is 2.11 bits per heavy atom. The van der Waals surface area contributed by atoms with Crippen molar-refractivity contribution >= 4 is 5.97 Å². The molecule has 0 spiro atoms. The van der Waals surface area contributed by atoms with E-state index < -0.39 is 5.41 Å². The van der Waals surface area contributed by atoms with Crippen LogP contribution >= 0.6 is 0 Å². The summed E-state index contributed by atoms with van der Waals surface area (Å²) in [5, 5.41) is 8.54. The first-order chi connectivity index (χ1) is 16.9. The Labute approximate surface area is 206 Å². The SMILES string of the molecule is COC(=O)C1(C)CCC2CC(Oc3ccc(-c4nnn(C)c4COC4CCCCO4)nc3C)CC21. The molecule has 1 aliphatic heterocycles. The third-order valence-electron chi connectivity index (χ3n) is 8.22. The van der Waals surface area contributed by atoms with Gasteiger partial charge >= 0.3 is 5.97 Å². The lowest BCUT2D eigenvalue weighted by atomic mass is 9.78. The van der Waals surface area contributed by atoms with Crippen molar-refractivity contribution in [2.45, 2.75) is 77.8 Å². The summed E-state index contributed by atoms with van der Waals surface area (Å²) in [6.45, 7) is 5.12. The summed E-state index contributed by atoms with van der Waals surface area (Å²) in [5.41, 5.74) is 2.73. The summed E-state index contributed by atoms with van der Waals surface area (Å²) in [6.07, 6.45) is 6.80. The van der Waals surface area contributed by atoms with Gasteiger partial charge in [-0.05, 0) is 82.8 Å². The van der Waals surface area contributed by atoms with Crippen molar-refractivity contribution in [1.82, 2.24) is 20.0 Å². The second kappa shape index (κ2) is 9.85. The first kappa shape index (κ1) is 24.2. The highest BCUT2D eigenvalue weighted by Gasteiger charge is 2.55. The molecule has 2 aromatic heterocycles. The number of carbonyl (C=O) groups is 1. The van der Waals surface area contributed by atoms with Crippen LogP contribution in [0.5, 0.6) is 5.75 Å². The molecule has 0 radical (unpaired) electrons. The highest BCUT2D eigenvalue weighted by molar-refractivity contribution is 5.77. The summed E-state index contributed by atoms with van der Waals surface area (Å²) in [7, 11) is 3.35. The fourth-order valence-corrected chi connectivity index (χ4v) is 6.16. The van der Waals surface area contributed by atoms with Crippen LogP contribution in [0.3, 0.4) is 0 Å². The van der Waals surface area contributed by atoms with E-state index in [1.165, 1.54) is 7.11 Å². The molecule has 5 unspecified atom stereocenters. The molecule has 9 heteroatoms. The van der Waals surface area contributed by atoms with Crippen LogP contribution in [0, 0.1) is 24.2 Å². The third-order valence-corrected chi connectivity index (χ3v) is 8.22. The third kappa shape index (κ3) is 4.68. The zero-order chi connectivity index (χ0) is 24.6. The Morgan fingerprint density at radius 3 is 2.86 bits per heavy atom. The molecule has 0 amide bonds. The number of aromatic nitrogens is 4. The first-order valence-electron chi connectivity index (χ1n) is 12.7. The number of hydrogen-bond donors (Lipinski definition) is 0. The summed E-state index contributed by atoms with van der Waals surface area (Å²) < 4.78 is 24.9. The second-order valence-corrected chi connectivity index (χ2v) is 10.4. The highest BCUT2D eigenvalue weighted by atomic mass is 16.7. The lowest BCUT2D eigenvalue weighted by Crippen LogP contribution is -2.34. The molecule has 5 atom stereocenters. The minimum atomic E-state index is -0.401. The number of hydrogen-bond acceptors (Lipinski definition) is 8. The fraction of sp³-hybridized carbons (Fsp3) is 0.692. The van der Waals surface area contributed by atoms with E-state index in [0.29, 0.717) is 24.1 Å². The molecule has 2 aromatic rings. The molecule has 0 N–H and O–H groups in total. The monoisotopic (exact) mass is 484 g/mol. The fourth-order valence-electron chi connectivity index (χ4n) is 6.16. The Bertz CT molecular complexity index is 1070. The molecule has 190 valence electrons. The van der Waals surface area contributed by atoms with Gasteiger partial charge in [0.15, 0.2) is 6.29 Å². The largest absolute Gasteiger partial charge is 0.489 e. The van der Waals surface area contributed by atoms with Crippen LogP contribution < -0.4 is 4.74 Å². The van der Waals surface area contributed by atoms with Crippen molar-refractivity contribution in [3.8, 4) is 17.1 Å². The van der Waals surface area contributed by atoms with Crippen LogP contribution in [0.25, 0.3) is 11.4 Å². The van der Waals surface area contributed by atoms with Gasteiger partial charge < -0.3 is 18.9 Å². The molecule has 1 saturated heterocycles. The molecular formula is C26H36N4O5. The summed E-state index contributed by atoms with van der Waals surface area (Å²) >= 11 is 0. The summed E-state index contributed by atoms with van der Waals surface area (Å²) in [5.74, 6) is 1.50. The Kier molecular flexibility index (Phi) is 6.81. The molecule has 9 nitrogen and oxygen atoms in total. The topological polar surface area (TPSA) is 97.6 Å². The van der Waals surface area contributed by atoms with E-state index in [0.717, 1.165) is 74.4 Å². The minimum absolute atomic E-state index is 0.0802. The van der Waals surface area contributed by atoms with Crippen molar-refractivity contribution in [1.29, 1.82) is 0 Å². The van der Waals surface area contributed by atoms with E-state index in [2.05, 4.69) is 17.2 Å². The zero-order valence-corrected chi connectivity index (χ0v) is 21.2. The highest BCUT2D eigenvalue weighted by Crippen LogP contribution is 2.55. The summed E-state index contributed by atoms with van der Waals surface area (Å²) in [4.78, 5) is 17.2. The number of ether oxygens (including phenoxy) is 4. The molecule has 3 aliphatic rings. The number of fused-ring (bicyclic) bond motifs is 1. The number of aryl methyl sites for hydroxylation is 2. The minimum Gasteiger partial charge on any atom is -0.489 e. The standard InChI is InChI=1S/C26H36N4O5/c1-16-22(35-18-13-17-10-11-26(2,19(17)14-18)25(31)32-4)9-8-20(27-16)24-21(30(3)29-28-24)15-34-23-7-5-6-12-33-23/h8-9,17-19,23H,5-7,10-15H2,1-4H3. The predicted octanol–water partition coefficient (Wildman–Crippen LogP) is 3.98. The molecule has 5 rings (SSSR count). The quantitative estimate of drug-likeness (QED) is 0.545. The molecule has 3 fully saturated rings. The van der Waals surface area contributed by atoms with Crippen LogP contribution in [-0.4, -0.2) is 52.1 Å². The van der Waals surface area contributed by atoms with Crippen LogP contribution in [0.4, 0.5) is 0 Å². The van der Waals surface area contributed by atoms with Gasteiger partial charge in [-0.1, -0.05) is 5.21 Å². The number of pyridine rings is 1. The van der Waals surface area contributed by atoms with Crippen LogP contribution in [-0.2, 0) is 32.7 Å². The van der Waals surface area contributed by atoms with Gasteiger partial charge in [0, 0.05) is 13.7 Å². The first-order valence-corrected chi connectivity index (χ1v) is 12.7. The van der Waals surface area contributed by atoms with E-state index in [4.69, 9.17) is 23.9 Å². The van der Waals surface area contributed by atoms with E-state index >= 15 is 0 Å². The maximum Gasteiger partial charge on any atom is 0.311 e. The second-order valence-electron chi connectivity index (χ2n) is 10.4. The maximum absolute atomic E-state index is 12.4. The zero-order valence-electron chi connectivity index (χ0n) is 21.2. The van der Waals surface area contributed by atoms with Crippen molar-refractivity contribution in [3.63, 3.8) is 0 Å². The van der Waals surface area contributed by atoms with E-state index in [1.807, 2.05) is 26.1 Å². The Hall–Kier alpha value is -2.52. The lowest BCUT2D eigenvalue weighted by molar-refractivity contribution is -0.169. The smallest absolute Gasteiger partial charge is 0.311 e. The van der Waals surface area contributed by atoms with Gasteiger partial charge in [-0.2, -0.15) is 0 Å². The summed E-state index contributed by atoms with van der Waals surface area (Å²) in [6, 6.07) is 3.90. The van der Waals surface area contributed by atoms with Crippen molar-refractivity contribution < 1.29 is 23.7 Å². The van der Waals surface area contributed by atoms with Crippen molar-refractivity contribution in [3.05, 3.63) is 23.5 Å². The lowest BCUT2D eigenvalue weighted by Gasteiger charge is -2.28. The van der Waals surface area contributed by atoms with Gasteiger partial charge in [0.1, 0.15) is 11.4 Å². The van der Waals surface area contributed by atoms with E-state index in [9.17, 15) is 4.79 Å². The van der Waals surface area contributed by atoms with Crippen LogP contribution in [0.2, 0.25) is 0 Å². The molecule has 35 heavy (non-hydrogen) atoms. The number of methoxy groups -OCH3 is 1. The Morgan fingerprint density at radius 1 is 1.26 bits per heavy atom. The molecule has 0 aromatic carbocycles. The molecule has 3 heterocycles. The van der Waals surface area contributed by atoms with Crippen LogP contribution in [0.15, 0.2) is 12.1 Å². The van der Waals surface area contributed by atoms with Gasteiger partial charge in [0.25, 0.3) is 0 Å². The van der Waals surface area contributed by atoms with E-state index in [-0.39, 0.29) is 18.4 Å². The Balaban J connectivity index is 1.26. The van der Waals surface area contributed by atoms with E-state index in [1.54, 1.807) is 4.68 Å². The van der Waals surface area contributed by atoms with Gasteiger partial charge in [-0.3, -0.25) is 4.79 Å². The molecule has 2 saturated carbocycles. The van der Waals surface area contributed by atoms with Gasteiger partial charge in [0.05, 0.1) is 42.3 Å². The van der Waals surface area contributed by atoms with Crippen molar-refractivity contribution in [2.24, 2.45) is 24.3 Å². The average Bonchev–Trinajstić information content (AvgIpc) is 3.54. The average molecular weight is 485 g/mol. The van der Waals surface area contributed by atoms with Gasteiger partial charge in [-0.15, -0.1) is 5.10 Å². The van der Waals surface area contributed by atoms with Crippen LogP contribution in [0.1, 0.15) is 63.3 Å². The number of rotatable bonds is 7. The van der Waals surface area contributed by atoms with Crippen molar-refractivity contribution in [2.75, 3.05) is 13.7 Å². The molecule has 2 aliphatic carbocycles. The predicted molar refractivity (Wildman–Crippen MR) is 127 cm³/mol. The molecule has 0 bridgehead atoms. The number of carbonyl (C=O) groups excluding carboxylic acids is 1. The van der Waals surface area contributed by atoms with Gasteiger partial charge in [-0.25, -0.2) is 9.67 Å². The normalized spacial score (nSPS) is 30.3. The maximum atomic E-state index is 12.4.